The summed E-state index contributed by atoms with van der Waals surface area (Å²) in [5.74, 6) is -0.176. The van der Waals surface area contributed by atoms with Crippen LogP contribution in [-0.4, -0.2) is 23.2 Å². The lowest BCUT2D eigenvalue weighted by Crippen LogP contribution is -2.63. The number of amides is 2. The summed E-state index contributed by atoms with van der Waals surface area (Å²) in [4.78, 5) is 28.1. The predicted molar refractivity (Wildman–Crippen MR) is 64.4 cm³/mol. The fourth-order valence-electron chi connectivity index (χ4n) is 2.35. The van der Waals surface area contributed by atoms with Crippen LogP contribution in [0.2, 0.25) is 0 Å². The van der Waals surface area contributed by atoms with Gasteiger partial charge in [0.2, 0.25) is 5.91 Å². The number of nitrogens with zero attached hydrogens (tertiary/aromatic N) is 1. The van der Waals surface area contributed by atoms with Crippen LogP contribution in [0.3, 0.4) is 0 Å². The Morgan fingerprint density at radius 2 is 1.94 bits per heavy atom. The Labute approximate surface area is 101 Å². The van der Waals surface area contributed by atoms with E-state index in [1.54, 1.807) is 0 Å². The van der Waals surface area contributed by atoms with Gasteiger partial charge in [-0.15, -0.1) is 0 Å². The number of carbonyl (C=O) groups is 2. The van der Waals surface area contributed by atoms with Crippen molar-refractivity contribution in [3.8, 4) is 0 Å². The van der Waals surface area contributed by atoms with Crippen LogP contribution in [0.4, 0.5) is 0 Å². The molecule has 1 spiro atoms. The molecule has 17 heavy (non-hydrogen) atoms. The summed E-state index contributed by atoms with van der Waals surface area (Å²) >= 11 is 0. The number of nitrogens with two attached hydrogens (primary N) is 1. The molecule has 1 fully saturated rings. The predicted octanol–water partition coefficient (Wildman–Crippen LogP) is 0.729. The Morgan fingerprint density at radius 3 is 2.29 bits per heavy atom. The maximum atomic E-state index is 12.0. The van der Waals surface area contributed by atoms with Gasteiger partial charge in [-0.1, -0.05) is 20.3 Å². The van der Waals surface area contributed by atoms with Crippen LogP contribution in [-0.2, 0) is 9.59 Å². The summed E-state index contributed by atoms with van der Waals surface area (Å²) in [5, 5.41) is 2.75. The van der Waals surface area contributed by atoms with Crippen LogP contribution < -0.4 is 11.1 Å². The average molecular weight is 237 g/mol. The first-order valence-electron chi connectivity index (χ1n) is 6.22. The summed E-state index contributed by atoms with van der Waals surface area (Å²) in [6.45, 7) is 3.85. The molecule has 2 aliphatic rings. The van der Waals surface area contributed by atoms with E-state index in [9.17, 15) is 9.59 Å². The van der Waals surface area contributed by atoms with Crippen LogP contribution in [0, 0.1) is 5.41 Å². The molecule has 0 aromatic rings. The van der Waals surface area contributed by atoms with Crippen LogP contribution in [0.15, 0.2) is 4.99 Å². The third-order valence-corrected chi connectivity index (χ3v) is 4.23. The first-order valence-corrected chi connectivity index (χ1v) is 6.22. The normalized spacial score (nSPS) is 23.1. The molecular weight excluding hydrogens is 218 g/mol. The summed E-state index contributed by atoms with van der Waals surface area (Å²) in [5.41, 5.74) is 4.58. The maximum Gasteiger partial charge on any atom is 0.263 e. The molecule has 1 heterocycles. The van der Waals surface area contributed by atoms with Crippen LogP contribution in [0.5, 0.6) is 0 Å². The van der Waals surface area contributed by atoms with E-state index in [1.807, 2.05) is 13.8 Å². The number of hydrogen-bond acceptors (Lipinski definition) is 3. The lowest BCUT2D eigenvalue weighted by Gasteiger charge is -2.42. The highest BCUT2D eigenvalue weighted by Gasteiger charge is 2.54. The number of hydrogen-bond donors (Lipinski definition) is 2. The minimum Gasteiger partial charge on any atom is -0.319 e. The summed E-state index contributed by atoms with van der Waals surface area (Å²) in [6.07, 6.45) is 3.43. The van der Waals surface area contributed by atoms with Crippen LogP contribution in [0.25, 0.3) is 0 Å². The molecule has 0 atom stereocenters. The third kappa shape index (κ3) is 1.60. The van der Waals surface area contributed by atoms with Crippen molar-refractivity contribution in [2.75, 3.05) is 0 Å². The topological polar surface area (TPSA) is 84.5 Å². The first kappa shape index (κ1) is 12.2. The number of rotatable bonds is 3. The third-order valence-electron chi connectivity index (χ3n) is 4.23. The molecule has 2 rings (SSSR count). The van der Waals surface area contributed by atoms with E-state index in [-0.39, 0.29) is 11.8 Å². The average Bonchev–Trinajstić information content (AvgIpc) is 2.25. The zero-order valence-corrected chi connectivity index (χ0v) is 10.4. The van der Waals surface area contributed by atoms with Crippen LogP contribution in [0.1, 0.15) is 46.0 Å². The largest absolute Gasteiger partial charge is 0.319 e. The van der Waals surface area contributed by atoms with Gasteiger partial charge in [0.05, 0.1) is 5.54 Å². The van der Waals surface area contributed by atoms with Gasteiger partial charge in [-0.3, -0.25) is 9.59 Å². The summed E-state index contributed by atoms with van der Waals surface area (Å²) in [6, 6.07) is 0. The van der Waals surface area contributed by atoms with Crippen molar-refractivity contribution in [3.05, 3.63) is 0 Å². The highest BCUT2D eigenvalue weighted by molar-refractivity contribution is 6.21. The smallest absolute Gasteiger partial charge is 0.263 e. The van der Waals surface area contributed by atoms with E-state index in [1.165, 1.54) is 0 Å². The van der Waals surface area contributed by atoms with E-state index in [4.69, 9.17) is 5.73 Å². The van der Waals surface area contributed by atoms with E-state index in [0.29, 0.717) is 31.5 Å². The van der Waals surface area contributed by atoms with Gasteiger partial charge in [0, 0.05) is 0 Å². The molecule has 94 valence electrons. The van der Waals surface area contributed by atoms with E-state index in [0.717, 1.165) is 6.42 Å². The fourth-order valence-corrected chi connectivity index (χ4v) is 2.35. The van der Waals surface area contributed by atoms with Gasteiger partial charge in [-0.2, -0.15) is 4.99 Å². The number of amidine groups is 1. The van der Waals surface area contributed by atoms with Crippen molar-refractivity contribution in [1.82, 2.24) is 5.32 Å². The number of aliphatic imine (C=N–C) groups is 1. The number of nitrogens with one attached hydrogen (secondary N) is 1. The van der Waals surface area contributed by atoms with Gasteiger partial charge in [0.25, 0.3) is 5.91 Å². The van der Waals surface area contributed by atoms with Gasteiger partial charge in [-0.25, -0.2) is 0 Å². The molecule has 3 N–H and O–H groups in total. The van der Waals surface area contributed by atoms with Gasteiger partial charge in [-0.05, 0) is 25.7 Å². The van der Waals surface area contributed by atoms with Crippen LogP contribution >= 0.6 is 0 Å². The molecular formula is C12H19N3O2. The van der Waals surface area contributed by atoms with Crippen molar-refractivity contribution in [1.29, 1.82) is 0 Å². The molecule has 0 saturated heterocycles. The van der Waals surface area contributed by atoms with Crippen molar-refractivity contribution in [3.63, 3.8) is 0 Å². The van der Waals surface area contributed by atoms with Crippen molar-refractivity contribution in [2.45, 2.75) is 51.5 Å². The Balaban J connectivity index is 2.32. The Kier molecular flexibility index (Phi) is 2.81. The summed E-state index contributed by atoms with van der Waals surface area (Å²) in [7, 11) is 0. The Hall–Kier alpha value is -1.23. The molecule has 2 amide bonds. The van der Waals surface area contributed by atoms with E-state index >= 15 is 0 Å². The first-order chi connectivity index (χ1) is 7.98. The number of carbonyl (C=O) groups excluding carboxylic acids is 2. The van der Waals surface area contributed by atoms with Crippen molar-refractivity contribution in [2.24, 2.45) is 16.1 Å². The maximum absolute atomic E-state index is 12.0. The van der Waals surface area contributed by atoms with Gasteiger partial charge < -0.3 is 11.1 Å². The van der Waals surface area contributed by atoms with Crippen molar-refractivity contribution < 1.29 is 9.59 Å². The van der Waals surface area contributed by atoms with E-state index in [2.05, 4.69) is 10.3 Å². The molecule has 1 saturated carbocycles. The van der Waals surface area contributed by atoms with E-state index < -0.39 is 11.0 Å². The zero-order chi connectivity index (χ0) is 12.7. The molecule has 1 aliphatic heterocycles. The molecule has 0 aromatic heterocycles. The molecule has 5 nitrogen and oxygen atoms in total. The second-order valence-corrected chi connectivity index (χ2v) is 5.02. The lowest BCUT2D eigenvalue weighted by molar-refractivity contribution is -0.147. The molecule has 5 heteroatoms. The van der Waals surface area contributed by atoms with Crippen molar-refractivity contribution >= 4 is 17.6 Å². The Morgan fingerprint density at radius 1 is 1.35 bits per heavy atom. The highest BCUT2D eigenvalue weighted by atomic mass is 16.2. The molecule has 0 unspecified atom stereocenters. The molecule has 0 aromatic carbocycles. The zero-order valence-electron chi connectivity index (χ0n) is 10.4. The SMILES string of the molecule is CCC(N)(CC)C1=NC(=O)C2(CCC2)C(=O)N1. The standard InChI is InChI=1S/C12H19N3O2/c1-3-12(13,4-2)8-14-9(16)11(6-5-7-11)10(17)15-8/h3-7,13H2,1-2H3,(H,14,15,16,17). The van der Waals surface area contributed by atoms with Gasteiger partial charge >= 0.3 is 0 Å². The second kappa shape index (κ2) is 3.91. The molecule has 0 radical (unpaired) electrons. The monoisotopic (exact) mass is 237 g/mol. The molecule has 0 bridgehead atoms. The minimum absolute atomic E-state index is 0.213. The van der Waals surface area contributed by atoms with Gasteiger partial charge in [0.15, 0.2) is 0 Å². The van der Waals surface area contributed by atoms with Gasteiger partial charge in [0.1, 0.15) is 11.3 Å². The lowest BCUT2D eigenvalue weighted by atomic mass is 9.66. The second-order valence-electron chi connectivity index (χ2n) is 5.02. The summed E-state index contributed by atoms with van der Waals surface area (Å²) < 4.78 is 0. The minimum atomic E-state index is -0.869. The quantitative estimate of drug-likeness (QED) is 0.710. The Bertz CT molecular complexity index is 393. The fraction of sp³-hybridized carbons (Fsp3) is 0.750. The molecule has 1 aliphatic carbocycles. The highest BCUT2D eigenvalue weighted by Crippen LogP contribution is 2.43.